The molecule has 0 amide bonds. The third-order valence-electron chi connectivity index (χ3n) is 4.71. The lowest BCUT2D eigenvalue weighted by Gasteiger charge is -2.45. The first-order valence-electron chi connectivity index (χ1n) is 7.31. The Balaban J connectivity index is 2.12. The van der Waals surface area contributed by atoms with Crippen molar-refractivity contribution in [3.8, 4) is 0 Å². The quantitative estimate of drug-likeness (QED) is 0.775. The second kappa shape index (κ2) is 5.41. The summed E-state index contributed by atoms with van der Waals surface area (Å²) in [6.45, 7) is 0. The number of hydrogen-bond donors (Lipinski definition) is 0. The lowest BCUT2D eigenvalue weighted by Crippen LogP contribution is -2.49. The van der Waals surface area contributed by atoms with Gasteiger partial charge in [0.05, 0.1) is 12.7 Å². The molecule has 2 heterocycles. The molecule has 2 aliphatic rings. The van der Waals surface area contributed by atoms with Crippen LogP contribution in [0.25, 0.3) is 5.57 Å². The van der Waals surface area contributed by atoms with Crippen LogP contribution in [0.3, 0.4) is 0 Å². The third-order valence-corrected chi connectivity index (χ3v) is 4.71. The van der Waals surface area contributed by atoms with Crippen molar-refractivity contribution >= 4 is 11.5 Å². The highest BCUT2D eigenvalue weighted by atomic mass is 16.5. The van der Waals surface area contributed by atoms with E-state index in [0.29, 0.717) is 6.04 Å². The van der Waals surface area contributed by atoms with Crippen molar-refractivity contribution in [1.82, 2.24) is 4.90 Å². The number of ether oxygens (including phenoxy) is 1. The lowest BCUT2D eigenvalue weighted by atomic mass is 9.78. The van der Waals surface area contributed by atoms with Gasteiger partial charge in [0, 0.05) is 12.1 Å². The van der Waals surface area contributed by atoms with Crippen LogP contribution in [0.4, 0.5) is 0 Å². The Labute approximate surface area is 120 Å². The summed E-state index contributed by atoms with van der Waals surface area (Å²) in [6.07, 6.45) is 4.41. The number of fused-ring (bicyclic) bond motifs is 2. The second-order valence-corrected chi connectivity index (χ2v) is 5.72. The van der Waals surface area contributed by atoms with E-state index in [1.165, 1.54) is 25.5 Å². The molecule has 1 aromatic rings. The summed E-state index contributed by atoms with van der Waals surface area (Å²) in [6, 6.07) is 11.0. The fourth-order valence-corrected chi connectivity index (χ4v) is 3.63. The predicted molar refractivity (Wildman–Crippen MR) is 79.2 cm³/mol. The van der Waals surface area contributed by atoms with E-state index in [2.05, 4.69) is 24.1 Å². The number of benzene rings is 1. The SMILES string of the molecule is COC(=O)C1=C(c2ccccc2)C[C@@H]2CCC[C@H]1N2C. The molecular weight excluding hydrogens is 250 g/mol. The van der Waals surface area contributed by atoms with E-state index in [0.717, 1.165) is 24.0 Å². The molecule has 1 aromatic carbocycles. The van der Waals surface area contributed by atoms with E-state index in [9.17, 15) is 4.79 Å². The zero-order valence-electron chi connectivity index (χ0n) is 12.1. The van der Waals surface area contributed by atoms with Gasteiger partial charge in [-0.05, 0) is 43.9 Å². The van der Waals surface area contributed by atoms with Gasteiger partial charge in [-0.2, -0.15) is 0 Å². The van der Waals surface area contributed by atoms with Gasteiger partial charge < -0.3 is 4.74 Å². The minimum absolute atomic E-state index is 0.166. The molecule has 106 valence electrons. The molecular formula is C17H21NO2. The normalized spacial score (nSPS) is 26.5. The molecule has 2 bridgehead atoms. The molecule has 0 N–H and O–H groups in total. The van der Waals surface area contributed by atoms with Crippen molar-refractivity contribution in [2.45, 2.75) is 37.8 Å². The molecule has 0 radical (unpaired) electrons. The van der Waals surface area contributed by atoms with Gasteiger partial charge in [-0.15, -0.1) is 0 Å². The van der Waals surface area contributed by atoms with Gasteiger partial charge in [0.15, 0.2) is 0 Å². The zero-order valence-corrected chi connectivity index (χ0v) is 12.1. The van der Waals surface area contributed by atoms with Crippen LogP contribution in [-0.4, -0.2) is 37.1 Å². The number of likely N-dealkylation sites (N-methyl/N-ethyl adjacent to an activating group) is 1. The summed E-state index contributed by atoms with van der Waals surface area (Å²) in [5.41, 5.74) is 3.22. The second-order valence-electron chi connectivity index (χ2n) is 5.72. The Hall–Kier alpha value is -1.61. The molecule has 3 rings (SSSR count). The van der Waals surface area contributed by atoms with E-state index in [1.807, 2.05) is 18.2 Å². The highest BCUT2D eigenvalue weighted by Gasteiger charge is 2.39. The number of hydrogen-bond acceptors (Lipinski definition) is 3. The van der Waals surface area contributed by atoms with Gasteiger partial charge >= 0.3 is 5.97 Å². The van der Waals surface area contributed by atoms with Crippen molar-refractivity contribution < 1.29 is 9.53 Å². The van der Waals surface area contributed by atoms with Crippen LogP contribution in [0.5, 0.6) is 0 Å². The lowest BCUT2D eigenvalue weighted by molar-refractivity contribution is -0.137. The standard InChI is InChI=1S/C17H21NO2/c1-18-13-9-6-10-15(18)16(17(19)20-2)14(11-13)12-7-4-3-5-8-12/h3-5,7-8,13,15H,6,9-11H2,1-2H3/t13-,15+/m0/s1. The zero-order chi connectivity index (χ0) is 14.1. The fourth-order valence-electron chi connectivity index (χ4n) is 3.63. The van der Waals surface area contributed by atoms with Crippen molar-refractivity contribution in [3.05, 3.63) is 41.5 Å². The Morgan fingerprint density at radius 2 is 2.00 bits per heavy atom. The van der Waals surface area contributed by atoms with Crippen LogP contribution in [0.15, 0.2) is 35.9 Å². The molecule has 0 aromatic heterocycles. The number of methoxy groups -OCH3 is 1. The Morgan fingerprint density at radius 3 is 2.70 bits per heavy atom. The largest absolute Gasteiger partial charge is 0.466 e. The molecule has 0 aliphatic carbocycles. The Bertz CT molecular complexity index is 535. The Morgan fingerprint density at radius 1 is 1.25 bits per heavy atom. The first kappa shape index (κ1) is 13.4. The average Bonchev–Trinajstić information content (AvgIpc) is 2.47. The van der Waals surface area contributed by atoms with Crippen molar-refractivity contribution in [2.24, 2.45) is 0 Å². The van der Waals surface area contributed by atoms with Crippen LogP contribution in [-0.2, 0) is 9.53 Å². The average molecular weight is 271 g/mol. The molecule has 1 fully saturated rings. The number of carbonyl (C=O) groups is 1. The van der Waals surface area contributed by atoms with Crippen molar-refractivity contribution in [3.63, 3.8) is 0 Å². The van der Waals surface area contributed by atoms with E-state index < -0.39 is 0 Å². The molecule has 3 nitrogen and oxygen atoms in total. The number of piperidine rings is 1. The van der Waals surface area contributed by atoms with Gasteiger partial charge in [-0.25, -0.2) is 4.79 Å². The molecule has 0 unspecified atom stereocenters. The Kier molecular flexibility index (Phi) is 3.62. The molecule has 2 aliphatic heterocycles. The van der Waals surface area contributed by atoms with E-state index >= 15 is 0 Å². The van der Waals surface area contributed by atoms with Crippen LogP contribution in [0, 0.1) is 0 Å². The predicted octanol–water partition coefficient (Wildman–Crippen LogP) is 2.87. The van der Waals surface area contributed by atoms with Gasteiger partial charge in [0.25, 0.3) is 0 Å². The van der Waals surface area contributed by atoms with Crippen molar-refractivity contribution in [2.75, 3.05) is 14.2 Å². The molecule has 0 spiro atoms. The number of carbonyl (C=O) groups excluding carboxylic acids is 1. The topological polar surface area (TPSA) is 29.5 Å². The van der Waals surface area contributed by atoms with Crippen LogP contribution < -0.4 is 0 Å². The molecule has 0 saturated carbocycles. The summed E-state index contributed by atoms with van der Waals surface area (Å²) in [7, 11) is 3.62. The van der Waals surface area contributed by atoms with Crippen LogP contribution >= 0.6 is 0 Å². The third kappa shape index (κ3) is 2.16. The monoisotopic (exact) mass is 271 g/mol. The summed E-state index contributed by atoms with van der Waals surface area (Å²) < 4.78 is 5.06. The molecule has 1 saturated heterocycles. The summed E-state index contributed by atoms with van der Waals surface area (Å²) in [4.78, 5) is 14.7. The van der Waals surface area contributed by atoms with Crippen molar-refractivity contribution in [1.29, 1.82) is 0 Å². The maximum absolute atomic E-state index is 12.3. The molecule has 3 heteroatoms. The number of esters is 1. The van der Waals surface area contributed by atoms with Crippen LogP contribution in [0.2, 0.25) is 0 Å². The maximum atomic E-state index is 12.3. The number of nitrogens with zero attached hydrogens (tertiary/aromatic N) is 1. The van der Waals surface area contributed by atoms with E-state index in [4.69, 9.17) is 4.74 Å². The highest BCUT2D eigenvalue weighted by molar-refractivity contribution is 5.99. The summed E-state index contributed by atoms with van der Waals surface area (Å²) >= 11 is 0. The van der Waals surface area contributed by atoms with Gasteiger partial charge in [-0.3, -0.25) is 4.90 Å². The van der Waals surface area contributed by atoms with E-state index in [-0.39, 0.29) is 12.0 Å². The van der Waals surface area contributed by atoms with Crippen LogP contribution in [0.1, 0.15) is 31.2 Å². The van der Waals surface area contributed by atoms with E-state index in [1.54, 1.807) is 0 Å². The first-order chi connectivity index (χ1) is 9.72. The van der Waals surface area contributed by atoms with Gasteiger partial charge in [0.2, 0.25) is 0 Å². The number of rotatable bonds is 2. The summed E-state index contributed by atoms with van der Waals surface area (Å²) in [5, 5.41) is 0. The van der Waals surface area contributed by atoms with Gasteiger partial charge in [0.1, 0.15) is 0 Å². The fraction of sp³-hybridized carbons (Fsp3) is 0.471. The smallest absolute Gasteiger partial charge is 0.335 e. The maximum Gasteiger partial charge on any atom is 0.335 e. The molecule has 20 heavy (non-hydrogen) atoms. The minimum Gasteiger partial charge on any atom is -0.466 e. The summed E-state index contributed by atoms with van der Waals surface area (Å²) in [5.74, 6) is -0.166. The highest BCUT2D eigenvalue weighted by Crippen LogP contribution is 2.40. The van der Waals surface area contributed by atoms with Gasteiger partial charge in [-0.1, -0.05) is 30.3 Å². The molecule has 2 atom stereocenters. The minimum atomic E-state index is -0.166. The first-order valence-corrected chi connectivity index (χ1v) is 7.31.